The molecular formula is C12H13NO3. The fourth-order valence-corrected chi connectivity index (χ4v) is 2.91. The van der Waals surface area contributed by atoms with E-state index < -0.39 is 5.54 Å². The predicted molar refractivity (Wildman–Crippen MR) is 55.9 cm³/mol. The second-order valence-corrected chi connectivity index (χ2v) is 4.60. The van der Waals surface area contributed by atoms with Crippen molar-refractivity contribution in [2.24, 2.45) is 5.92 Å². The molecule has 1 aliphatic heterocycles. The molecule has 2 heterocycles. The van der Waals surface area contributed by atoms with Gasteiger partial charge in [-0.05, 0) is 37.8 Å². The number of ketones is 1. The number of hydrogen-bond donors (Lipinski definition) is 0. The quantitative estimate of drug-likeness (QED) is 0.756. The van der Waals surface area contributed by atoms with Gasteiger partial charge in [-0.1, -0.05) is 0 Å². The van der Waals surface area contributed by atoms with Gasteiger partial charge >= 0.3 is 0 Å². The lowest BCUT2D eigenvalue weighted by atomic mass is 10.1. The third-order valence-corrected chi connectivity index (χ3v) is 3.84. The molecular weight excluding hydrogens is 206 g/mol. The summed E-state index contributed by atoms with van der Waals surface area (Å²) >= 11 is 0. The minimum Gasteiger partial charge on any atom is -0.459 e. The smallest absolute Gasteiger partial charge is 0.290 e. The number of carbonyl (C=O) groups is 2. The summed E-state index contributed by atoms with van der Waals surface area (Å²) in [5.74, 6) is 0.659. The van der Waals surface area contributed by atoms with Crippen LogP contribution >= 0.6 is 0 Å². The predicted octanol–water partition coefficient (Wildman–Crippen LogP) is 1.47. The number of piperidine rings is 1. The normalized spacial score (nSPS) is 31.3. The van der Waals surface area contributed by atoms with Crippen LogP contribution in [0.1, 0.15) is 30.3 Å². The maximum Gasteiger partial charge on any atom is 0.290 e. The molecule has 0 spiro atoms. The molecule has 2 fully saturated rings. The highest BCUT2D eigenvalue weighted by Crippen LogP contribution is 2.56. The molecule has 1 saturated carbocycles. The van der Waals surface area contributed by atoms with Gasteiger partial charge in [0.25, 0.3) is 5.91 Å². The molecule has 1 saturated heterocycles. The maximum absolute atomic E-state index is 12.1. The van der Waals surface area contributed by atoms with Crippen molar-refractivity contribution in [3.8, 4) is 0 Å². The second kappa shape index (κ2) is 2.97. The van der Waals surface area contributed by atoms with E-state index in [4.69, 9.17) is 4.42 Å². The van der Waals surface area contributed by atoms with Gasteiger partial charge < -0.3 is 9.32 Å². The van der Waals surface area contributed by atoms with Crippen molar-refractivity contribution in [2.75, 3.05) is 6.54 Å². The van der Waals surface area contributed by atoms with E-state index in [2.05, 4.69) is 0 Å². The van der Waals surface area contributed by atoms with Gasteiger partial charge in [0.15, 0.2) is 11.5 Å². The number of nitrogens with zero attached hydrogens (tertiary/aromatic N) is 1. The van der Waals surface area contributed by atoms with Crippen LogP contribution in [0, 0.1) is 5.92 Å². The number of Topliss-reactive ketones (excluding diaryl/α,β-unsaturated/α-hetero) is 1. The molecule has 1 aromatic heterocycles. The van der Waals surface area contributed by atoms with E-state index in [9.17, 15) is 9.59 Å². The number of rotatable bonds is 2. The first-order chi connectivity index (χ1) is 7.66. The third kappa shape index (κ3) is 1.04. The highest BCUT2D eigenvalue weighted by atomic mass is 16.3. The Morgan fingerprint density at radius 3 is 2.94 bits per heavy atom. The van der Waals surface area contributed by atoms with Gasteiger partial charge in [0.05, 0.1) is 6.26 Å². The first-order valence-electron chi connectivity index (χ1n) is 5.53. The average molecular weight is 219 g/mol. The monoisotopic (exact) mass is 219 g/mol. The molecule has 4 heteroatoms. The van der Waals surface area contributed by atoms with E-state index in [0.717, 1.165) is 12.8 Å². The summed E-state index contributed by atoms with van der Waals surface area (Å²) in [4.78, 5) is 25.5. The van der Waals surface area contributed by atoms with Crippen LogP contribution in [0.2, 0.25) is 0 Å². The van der Waals surface area contributed by atoms with Crippen molar-refractivity contribution in [1.29, 1.82) is 0 Å². The summed E-state index contributed by atoms with van der Waals surface area (Å²) < 4.78 is 5.10. The van der Waals surface area contributed by atoms with Gasteiger partial charge in [0, 0.05) is 6.54 Å². The minimum absolute atomic E-state index is 0.106. The molecule has 1 aromatic rings. The lowest BCUT2D eigenvalue weighted by molar-refractivity contribution is -0.122. The SMILES string of the molecule is CC(=O)C12CC1CCN2C(=O)c1ccco1. The van der Waals surface area contributed by atoms with E-state index in [1.54, 1.807) is 24.0 Å². The first-order valence-corrected chi connectivity index (χ1v) is 5.53. The van der Waals surface area contributed by atoms with Crippen molar-refractivity contribution in [2.45, 2.75) is 25.3 Å². The molecule has 0 aromatic carbocycles. The summed E-state index contributed by atoms with van der Waals surface area (Å²) in [6.45, 7) is 2.25. The van der Waals surface area contributed by atoms with E-state index >= 15 is 0 Å². The molecule has 3 rings (SSSR count). The Kier molecular flexibility index (Phi) is 1.79. The van der Waals surface area contributed by atoms with Crippen LogP contribution in [-0.4, -0.2) is 28.7 Å². The number of fused-ring (bicyclic) bond motifs is 1. The topological polar surface area (TPSA) is 50.5 Å². The Balaban J connectivity index is 1.91. The number of carbonyl (C=O) groups excluding carboxylic acids is 2. The van der Waals surface area contributed by atoms with Crippen molar-refractivity contribution < 1.29 is 14.0 Å². The van der Waals surface area contributed by atoms with E-state index in [1.807, 2.05) is 0 Å². The third-order valence-electron chi connectivity index (χ3n) is 3.84. The Labute approximate surface area is 93.2 Å². The van der Waals surface area contributed by atoms with Gasteiger partial charge in [-0.3, -0.25) is 9.59 Å². The molecule has 2 aliphatic rings. The molecule has 4 nitrogen and oxygen atoms in total. The molecule has 0 radical (unpaired) electrons. The molecule has 2 unspecified atom stereocenters. The number of furan rings is 1. The molecule has 16 heavy (non-hydrogen) atoms. The standard InChI is InChI=1S/C12H13NO3/c1-8(14)12-7-9(12)4-5-13(12)11(15)10-3-2-6-16-10/h2-3,6,9H,4-5,7H2,1H3. The van der Waals surface area contributed by atoms with Crippen LogP contribution in [0.4, 0.5) is 0 Å². The van der Waals surface area contributed by atoms with Gasteiger partial charge in [-0.2, -0.15) is 0 Å². The fraction of sp³-hybridized carbons (Fsp3) is 0.500. The van der Waals surface area contributed by atoms with Crippen LogP contribution in [0.3, 0.4) is 0 Å². The maximum atomic E-state index is 12.1. The number of amides is 1. The lowest BCUT2D eigenvalue weighted by Crippen LogP contribution is -2.44. The van der Waals surface area contributed by atoms with Crippen LogP contribution < -0.4 is 0 Å². The first kappa shape index (κ1) is 9.63. The molecule has 0 N–H and O–H groups in total. The van der Waals surface area contributed by atoms with Crippen molar-refractivity contribution in [3.05, 3.63) is 24.2 Å². The van der Waals surface area contributed by atoms with E-state index in [1.165, 1.54) is 6.26 Å². The highest BCUT2D eigenvalue weighted by molar-refractivity contribution is 6.00. The van der Waals surface area contributed by atoms with Gasteiger partial charge in [0.2, 0.25) is 0 Å². The lowest BCUT2D eigenvalue weighted by Gasteiger charge is -2.25. The summed E-state index contributed by atoms with van der Waals surface area (Å²) in [6.07, 6.45) is 3.24. The Morgan fingerprint density at radius 2 is 2.38 bits per heavy atom. The fourth-order valence-electron chi connectivity index (χ4n) is 2.91. The Bertz CT molecular complexity index is 451. The molecule has 1 aliphatic carbocycles. The van der Waals surface area contributed by atoms with Crippen LogP contribution in [0.5, 0.6) is 0 Å². The zero-order valence-corrected chi connectivity index (χ0v) is 9.10. The molecule has 1 amide bonds. The summed E-state index contributed by atoms with van der Waals surface area (Å²) in [6, 6.07) is 3.33. The van der Waals surface area contributed by atoms with Gasteiger partial charge in [-0.25, -0.2) is 0 Å². The average Bonchev–Trinajstić information content (AvgIpc) is 2.70. The Morgan fingerprint density at radius 1 is 1.56 bits per heavy atom. The van der Waals surface area contributed by atoms with Crippen LogP contribution in [-0.2, 0) is 4.79 Å². The summed E-state index contributed by atoms with van der Waals surface area (Å²) in [5, 5.41) is 0. The zero-order chi connectivity index (χ0) is 11.3. The van der Waals surface area contributed by atoms with Crippen molar-refractivity contribution in [1.82, 2.24) is 4.90 Å². The van der Waals surface area contributed by atoms with E-state index in [-0.39, 0.29) is 11.7 Å². The molecule has 2 atom stereocenters. The van der Waals surface area contributed by atoms with Gasteiger partial charge in [-0.15, -0.1) is 0 Å². The van der Waals surface area contributed by atoms with Crippen LogP contribution in [0.25, 0.3) is 0 Å². The molecule has 84 valence electrons. The molecule has 0 bridgehead atoms. The minimum atomic E-state index is -0.496. The van der Waals surface area contributed by atoms with E-state index in [0.29, 0.717) is 18.2 Å². The summed E-state index contributed by atoms with van der Waals surface area (Å²) in [7, 11) is 0. The van der Waals surface area contributed by atoms with Crippen molar-refractivity contribution in [3.63, 3.8) is 0 Å². The van der Waals surface area contributed by atoms with Crippen LogP contribution in [0.15, 0.2) is 22.8 Å². The zero-order valence-electron chi connectivity index (χ0n) is 9.10. The second-order valence-electron chi connectivity index (χ2n) is 4.60. The number of likely N-dealkylation sites (tertiary alicyclic amines) is 1. The highest BCUT2D eigenvalue weighted by Gasteiger charge is 2.66. The summed E-state index contributed by atoms with van der Waals surface area (Å²) in [5.41, 5.74) is -0.496. The Hall–Kier alpha value is -1.58. The van der Waals surface area contributed by atoms with Gasteiger partial charge in [0.1, 0.15) is 5.54 Å². The number of hydrogen-bond acceptors (Lipinski definition) is 3. The van der Waals surface area contributed by atoms with Crippen molar-refractivity contribution >= 4 is 11.7 Å². The largest absolute Gasteiger partial charge is 0.459 e.